The Bertz CT molecular complexity index is 1060. The Morgan fingerprint density at radius 2 is 1.70 bits per heavy atom. The largest absolute Gasteiger partial charge is 0.496 e. The van der Waals surface area contributed by atoms with E-state index in [1.807, 2.05) is 11.8 Å². The standard InChI is InChI=1S/C22H27F3N4O4/c1-13-10-16(21(31)33-5)17(11-18(13)32-4)27-6-8-28(9-7-27)19(30)12-29-15(3)14(2)20(26-29)22(23,24)25/h10-11H,6-9,12H2,1-5H3. The van der Waals surface area contributed by atoms with Gasteiger partial charge in [0.15, 0.2) is 5.69 Å². The molecule has 180 valence electrons. The van der Waals surface area contributed by atoms with Gasteiger partial charge in [-0.05, 0) is 32.4 Å². The van der Waals surface area contributed by atoms with Crippen LogP contribution in [0.2, 0.25) is 0 Å². The second-order valence-corrected chi connectivity index (χ2v) is 7.91. The van der Waals surface area contributed by atoms with Gasteiger partial charge in [0.1, 0.15) is 12.3 Å². The number of halogens is 3. The second-order valence-electron chi connectivity index (χ2n) is 7.91. The second kappa shape index (κ2) is 9.32. The average molecular weight is 468 g/mol. The first-order valence-corrected chi connectivity index (χ1v) is 10.4. The van der Waals surface area contributed by atoms with Gasteiger partial charge in [-0.3, -0.25) is 9.48 Å². The predicted octanol–water partition coefficient (Wildman–Crippen LogP) is 2.97. The minimum Gasteiger partial charge on any atom is -0.496 e. The molecule has 0 spiro atoms. The van der Waals surface area contributed by atoms with Crippen LogP contribution in [0, 0.1) is 20.8 Å². The molecule has 11 heteroatoms. The SMILES string of the molecule is COC(=O)c1cc(C)c(OC)cc1N1CCN(C(=O)Cn2nc(C(F)(F)F)c(C)c2C)CC1. The minimum atomic E-state index is -4.57. The number of hydrogen-bond acceptors (Lipinski definition) is 6. The van der Waals surface area contributed by atoms with E-state index in [9.17, 15) is 22.8 Å². The van der Waals surface area contributed by atoms with Gasteiger partial charge < -0.3 is 19.3 Å². The van der Waals surface area contributed by atoms with Gasteiger partial charge in [0.2, 0.25) is 5.91 Å². The summed E-state index contributed by atoms with van der Waals surface area (Å²) in [4.78, 5) is 28.6. The third-order valence-corrected chi connectivity index (χ3v) is 5.95. The number of amides is 1. The molecule has 1 aromatic carbocycles. The van der Waals surface area contributed by atoms with Gasteiger partial charge in [-0.1, -0.05) is 0 Å². The maximum Gasteiger partial charge on any atom is 0.435 e. The molecule has 2 heterocycles. The minimum absolute atomic E-state index is 0.0174. The molecule has 0 saturated carbocycles. The summed E-state index contributed by atoms with van der Waals surface area (Å²) >= 11 is 0. The highest BCUT2D eigenvalue weighted by Gasteiger charge is 2.37. The van der Waals surface area contributed by atoms with E-state index in [2.05, 4.69) is 5.10 Å². The van der Waals surface area contributed by atoms with Crippen LogP contribution in [0.5, 0.6) is 5.75 Å². The number of carbonyl (C=O) groups excluding carboxylic acids is 2. The van der Waals surface area contributed by atoms with Crippen molar-refractivity contribution in [3.63, 3.8) is 0 Å². The lowest BCUT2D eigenvalue weighted by molar-refractivity contribution is -0.142. The molecule has 1 aliphatic heterocycles. The summed E-state index contributed by atoms with van der Waals surface area (Å²) in [5.74, 6) is -0.163. The number of methoxy groups -OCH3 is 2. The van der Waals surface area contributed by atoms with Crippen LogP contribution >= 0.6 is 0 Å². The fourth-order valence-corrected chi connectivity index (χ4v) is 3.92. The highest BCUT2D eigenvalue weighted by atomic mass is 19.4. The summed E-state index contributed by atoms with van der Waals surface area (Å²) in [6.45, 7) is 5.99. The summed E-state index contributed by atoms with van der Waals surface area (Å²) in [7, 11) is 2.86. The first-order valence-electron chi connectivity index (χ1n) is 10.4. The van der Waals surface area contributed by atoms with Gasteiger partial charge in [-0.2, -0.15) is 18.3 Å². The van der Waals surface area contributed by atoms with Crippen molar-refractivity contribution in [2.75, 3.05) is 45.3 Å². The summed E-state index contributed by atoms with van der Waals surface area (Å²) in [6, 6.07) is 3.48. The van der Waals surface area contributed by atoms with Gasteiger partial charge in [-0.15, -0.1) is 0 Å². The van der Waals surface area contributed by atoms with Crippen LogP contribution in [0.25, 0.3) is 0 Å². The lowest BCUT2D eigenvalue weighted by Gasteiger charge is -2.37. The van der Waals surface area contributed by atoms with Gasteiger partial charge in [-0.25, -0.2) is 4.79 Å². The molecule has 1 aliphatic rings. The normalized spacial score (nSPS) is 14.4. The van der Waals surface area contributed by atoms with Crippen molar-refractivity contribution in [3.05, 3.63) is 40.2 Å². The molecule has 0 bridgehead atoms. The highest BCUT2D eigenvalue weighted by molar-refractivity contribution is 5.96. The number of esters is 1. The molecule has 1 saturated heterocycles. The number of alkyl halides is 3. The van der Waals surface area contributed by atoms with E-state index >= 15 is 0 Å². The number of hydrogen-bond donors (Lipinski definition) is 0. The van der Waals surface area contributed by atoms with Gasteiger partial charge in [0.05, 0.1) is 25.5 Å². The molecule has 8 nitrogen and oxygen atoms in total. The zero-order valence-corrected chi connectivity index (χ0v) is 19.2. The fourth-order valence-electron chi connectivity index (χ4n) is 3.92. The van der Waals surface area contributed by atoms with Crippen LogP contribution in [-0.2, 0) is 22.3 Å². The van der Waals surface area contributed by atoms with Crippen molar-refractivity contribution in [1.82, 2.24) is 14.7 Å². The fraction of sp³-hybridized carbons (Fsp3) is 0.500. The van der Waals surface area contributed by atoms with E-state index in [1.165, 1.54) is 21.0 Å². The molecule has 0 aliphatic carbocycles. The summed E-state index contributed by atoms with van der Waals surface area (Å²) in [5.41, 5.74) is 1.19. The number of carbonyl (C=O) groups is 2. The van der Waals surface area contributed by atoms with Crippen molar-refractivity contribution >= 4 is 17.6 Å². The van der Waals surface area contributed by atoms with Crippen molar-refractivity contribution in [1.29, 1.82) is 0 Å². The van der Waals surface area contributed by atoms with Crippen molar-refractivity contribution in [3.8, 4) is 5.75 Å². The number of benzene rings is 1. The monoisotopic (exact) mass is 468 g/mol. The Balaban J connectivity index is 1.73. The zero-order valence-electron chi connectivity index (χ0n) is 19.2. The van der Waals surface area contributed by atoms with E-state index in [0.29, 0.717) is 48.9 Å². The predicted molar refractivity (Wildman–Crippen MR) is 115 cm³/mol. The molecule has 0 radical (unpaired) electrons. The van der Waals surface area contributed by atoms with E-state index in [0.717, 1.165) is 10.2 Å². The summed E-state index contributed by atoms with van der Waals surface area (Å²) in [6.07, 6.45) is -4.57. The number of anilines is 1. The molecule has 0 unspecified atom stereocenters. The molecule has 1 amide bonds. The number of piperazine rings is 1. The quantitative estimate of drug-likeness (QED) is 0.628. The smallest absolute Gasteiger partial charge is 0.435 e. The van der Waals surface area contributed by atoms with Crippen LogP contribution in [0.15, 0.2) is 12.1 Å². The lowest BCUT2D eigenvalue weighted by Crippen LogP contribution is -2.50. The molecule has 2 aromatic rings. The summed E-state index contributed by atoms with van der Waals surface area (Å²) in [5, 5.41) is 3.61. The van der Waals surface area contributed by atoms with Gasteiger partial charge in [0.25, 0.3) is 0 Å². The van der Waals surface area contributed by atoms with E-state index in [-0.39, 0.29) is 18.0 Å². The zero-order chi connectivity index (χ0) is 24.5. The number of rotatable bonds is 5. The first kappa shape index (κ1) is 24.4. The topological polar surface area (TPSA) is 76.9 Å². The van der Waals surface area contributed by atoms with Crippen molar-refractivity contribution in [2.45, 2.75) is 33.5 Å². The Morgan fingerprint density at radius 3 is 2.21 bits per heavy atom. The molecule has 0 N–H and O–H groups in total. The Morgan fingerprint density at radius 1 is 1.06 bits per heavy atom. The number of nitrogens with zero attached hydrogens (tertiary/aromatic N) is 4. The van der Waals surface area contributed by atoms with Gasteiger partial charge >= 0.3 is 12.1 Å². The Labute approximate surface area is 189 Å². The molecular weight excluding hydrogens is 441 g/mol. The molecule has 1 aromatic heterocycles. The average Bonchev–Trinajstić information content (AvgIpc) is 3.07. The van der Waals surface area contributed by atoms with Crippen LogP contribution in [0.4, 0.5) is 18.9 Å². The van der Waals surface area contributed by atoms with E-state index < -0.39 is 17.8 Å². The highest BCUT2D eigenvalue weighted by Crippen LogP contribution is 2.33. The number of aryl methyl sites for hydroxylation is 1. The number of aromatic nitrogens is 2. The van der Waals surface area contributed by atoms with Crippen molar-refractivity contribution in [2.24, 2.45) is 0 Å². The van der Waals surface area contributed by atoms with E-state index in [1.54, 1.807) is 24.1 Å². The number of ether oxygens (including phenoxy) is 2. The maximum absolute atomic E-state index is 13.1. The maximum atomic E-state index is 13.1. The molecule has 3 rings (SSSR count). The lowest BCUT2D eigenvalue weighted by atomic mass is 10.1. The Kier molecular flexibility index (Phi) is 6.89. The van der Waals surface area contributed by atoms with Crippen LogP contribution in [-0.4, -0.2) is 67.0 Å². The molecular formula is C22H27F3N4O4. The molecule has 0 atom stereocenters. The van der Waals surface area contributed by atoms with E-state index in [4.69, 9.17) is 9.47 Å². The van der Waals surface area contributed by atoms with Crippen LogP contribution in [0.3, 0.4) is 0 Å². The molecule has 33 heavy (non-hydrogen) atoms. The third kappa shape index (κ3) is 4.91. The van der Waals surface area contributed by atoms with Gasteiger partial charge in [0, 0.05) is 43.5 Å². The van der Waals surface area contributed by atoms with Crippen molar-refractivity contribution < 1.29 is 32.2 Å². The third-order valence-electron chi connectivity index (χ3n) is 5.95. The van der Waals surface area contributed by atoms with Crippen LogP contribution in [0.1, 0.15) is 32.9 Å². The summed E-state index contributed by atoms with van der Waals surface area (Å²) < 4.78 is 50.7. The molecule has 1 fully saturated rings. The Hall–Kier alpha value is -3.24. The van der Waals surface area contributed by atoms with Crippen LogP contribution < -0.4 is 9.64 Å². The first-order chi connectivity index (χ1) is 15.5.